The Morgan fingerprint density at radius 2 is 2.18 bits per heavy atom. The number of nitrogens with one attached hydrogen (secondary N) is 2. The number of carbonyl (C=O) groups is 1. The third-order valence-corrected chi connectivity index (χ3v) is 5.26. The van der Waals surface area contributed by atoms with Crippen LogP contribution in [0.1, 0.15) is 27.9 Å². The number of benzene rings is 1. The summed E-state index contributed by atoms with van der Waals surface area (Å²) in [6.45, 7) is 1.61. The molecule has 1 aliphatic heterocycles. The van der Waals surface area contributed by atoms with Gasteiger partial charge in [-0.1, -0.05) is 12.1 Å². The number of anilines is 2. The average Bonchev–Trinajstić information content (AvgIpc) is 3.31. The number of nitrogens with two attached hydrogens (primary N) is 1. The van der Waals surface area contributed by atoms with E-state index in [9.17, 15) is 4.79 Å². The fourth-order valence-corrected chi connectivity index (χ4v) is 3.63. The number of nitrogens with zero attached hydrogens (tertiary/aromatic N) is 3. The van der Waals surface area contributed by atoms with E-state index >= 15 is 4.39 Å². The number of rotatable bonds is 9. The number of amides is 1. The monoisotopic (exact) mass is 452 g/mol. The molecular formula is C23H25FN6O3. The van der Waals surface area contributed by atoms with Crippen LogP contribution >= 0.6 is 0 Å². The van der Waals surface area contributed by atoms with Gasteiger partial charge in [0.15, 0.2) is 0 Å². The van der Waals surface area contributed by atoms with Gasteiger partial charge in [-0.25, -0.2) is 19.3 Å². The zero-order valence-electron chi connectivity index (χ0n) is 18.2. The lowest BCUT2D eigenvalue weighted by atomic mass is 10.1. The molecule has 1 aliphatic rings. The highest BCUT2D eigenvalue weighted by molar-refractivity contribution is 5.94. The molecule has 0 spiro atoms. The largest absolute Gasteiger partial charge is 0.492 e. The molecule has 1 amide bonds. The van der Waals surface area contributed by atoms with Crippen LogP contribution in [0.4, 0.5) is 16.2 Å². The zero-order chi connectivity index (χ0) is 23.2. The summed E-state index contributed by atoms with van der Waals surface area (Å²) in [5.74, 6) is 0.429. The number of ether oxygens (including phenoxy) is 2. The first-order valence-electron chi connectivity index (χ1n) is 10.6. The van der Waals surface area contributed by atoms with E-state index in [1.54, 1.807) is 37.7 Å². The number of nitrogen functional groups attached to an aromatic ring is 1. The Balaban J connectivity index is 1.50. The van der Waals surface area contributed by atoms with Gasteiger partial charge < -0.3 is 25.8 Å². The van der Waals surface area contributed by atoms with Gasteiger partial charge in [0.2, 0.25) is 5.95 Å². The van der Waals surface area contributed by atoms with Crippen LogP contribution in [0, 0.1) is 5.82 Å². The van der Waals surface area contributed by atoms with E-state index < -0.39 is 11.7 Å². The minimum atomic E-state index is -0.560. The number of carbonyl (C=O) groups excluding carboxylic acids is 1. The summed E-state index contributed by atoms with van der Waals surface area (Å²) < 4.78 is 25.8. The Kier molecular flexibility index (Phi) is 6.94. The first kappa shape index (κ1) is 22.4. The second kappa shape index (κ2) is 10.2. The van der Waals surface area contributed by atoms with E-state index in [1.807, 2.05) is 0 Å². The fourth-order valence-electron chi connectivity index (χ4n) is 3.63. The quantitative estimate of drug-likeness (QED) is 0.423. The van der Waals surface area contributed by atoms with E-state index in [2.05, 4.69) is 25.6 Å². The summed E-state index contributed by atoms with van der Waals surface area (Å²) in [6.07, 6.45) is 4.54. The summed E-state index contributed by atoms with van der Waals surface area (Å²) in [6, 6.07) is 6.51. The van der Waals surface area contributed by atoms with Gasteiger partial charge in [-0.3, -0.25) is 4.79 Å². The van der Waals surface area contributed by atoms with Crippen molar-refractivity contribution >= 4 is 17.7 Å². The zero-order valence-corrected chi connectivity index (χ0v) is 18.2. The molecule has 172 valence electrons. The average molecular weight is 452 g/mol. The van der Waals surface area contributed by atoms with Gasteiger partial charge in [0.1, 0.15) is 17.4 Å². The number of hydrogen-bond donors (Lipinski definition) is 3. The third-order valence-electron chi connectivity index (χ3n) is 5.26. The van der Waals surface area contributed by atoms with Crippen LogP contribution in [-0.2, 0) is 17.7 Å². The molecule has 0 aliphatic carbocycles. The number of methoxy groups -OCH3 is 1. The van der Waals surface area contributed by atoms with Crippen LogP contribution < -0.4 is 21.1 Å². The molecule has 4 rings (SSSR count). The highest BCUT2D eigenvalue weighted by Gasteiger charge is 2.23. The molecule has 33 heavy (non-hydrogen) atoms. The van der Waals surface area contributed by atoms with Crippen LogP contribution in [0.2, 0.25) is 0 Å². The highest BCUT2D eigenvalue weighted by Crippen LogP contribution is 2.39. The molecule has 0 bridgehead atoms. The molecule has 0 radical (unpaired) electrons. The lowest BCUT2D eigenvalue weighted by Crippen LogP contribution is -2.26. The van der Waals surface area contributed by atoms with Crippen molar-refractivity contribution in [2.75, 3.05) is 37.9 Å². The molecule has 0 unspecified atom stereocenters. The summed E-state index contributed by atoms with van der Waals surface area (Å²) in [4.78, 5) is 25.0. The second-order valence-electron chi connectivity index (χ2n) is 7.46. The summed E-state index contributed by atoms with van der Waals surface area (Å²) >= 11 is 0. The van der Waals surface area contributed by atoms with Crippen molar-refractivity contribution in [3.63, 3.8) is 0 Å². The minimum Gasteiger partial charge on any atom is -0.492 e. The maximum Gasteiger partial charge on any atom is 0.254 e. The molecule has 1 aromatic carbocycles. The number of aromatic nitrogens is 3. The molecular weight excluding hydrogens is 427 g/mol. The summed E-state index contributed by atoms with van der Waals surface area (Å²) in [7, 11) is 1.59. The number of pyridine rings is 1. The van der Waals surface area contributed by atoms with Crippen molar-refractivity contribution in [1.29, 1.82) is 0 Å². The van der Waals surface area contributed by atoms with Gasteiger partial charge in [-0.05, 0) is 18.6 Å². The molecule has 9 nitrogen and oxygen atoms in total. The Hall–Kier alpha value is -3.79. The van der Waals surface area contributed by atoms with Crippen LogP contribution in [0.25, 0.3) is 11.3 Å². The van der Waals surface area contributed by atoms with Gasteiger partial charge in [-0.15, -0.1) is 0 Å². The Bertz CT molecular complexity index is 1160. The van der Waals surface area contributed by atoms with Crippen molar-refractivity contribution in [3.05, 3.63) is 59.2 Å². The van der Waals surface area contributed by atoms with Gasteiger partial charge in [0.25, 0.3) is 5.91 Å². The van der Waals surface area contributed by atoms with Crippen LogP contribution in [0.15, 0.2) is 36.7 Å². The first-order chi connectivity index (χ1) is 16.1. The number of fused-ring (bicyclic) bond motifs is 1. The fraction of sp³-hybridized carbons (Fsp3) is 0.304. The lowest BCUT2D eigenvalue weighted by Gasteiger charge is -2.14. The maximum atomic E-state index is 15.0. The van der Waals surface area contributed by atoms with E-state index in [4.69, 9.17) is 15.2 Å². The van der Waals surface area contributed by atoms with Crippen LogP contribution in [0.3, 0.4) is 0 Å². The molecule has 4 N–H and O–H groups in total. The van der Waals surface area contributed by atoms with Gasteiger partial charge in [0.05, 0.1) is 23.4 Å². The lowest BCUT2D eigenvalue weighted by molar-refractivity contribution is 0.0944. The van der Waals surface area contributed by atoms with E-state index in [0.29, 0.717) is 55.4 Å². The molecule has 0 saturated carbocycles. The Morgan fingerprint density at radius 1 is 1.30 bits per heavy atom. The van der Waals surface area contributed by atoms with Gasteiger partial charge in [-0.2, -0.15) is 0 Å². The van der Waals surface area contributed by atoms with Crippen LogP contribution in [-0.4, -0.2) is 47.7 Å². The second-order valence-corrected chi connectivity index (χ2v) is 7.46. The van der Waals surface area contributed by atoms with Gasteiger partial charge in [0, 0.05) is 56.7 Å². The van der Waals surface area contributed by atoms with Crippen molar-refractivity contribution in [2.45, 2.75) is 19.4 Å². The molecule has 2 aromatic heterocycles. The maximum absolute atomic E-state index is 15.0. The minimum absolute atomic E-state index is 0.00457. The first-order valence-corrected chi connectivity index (χ1v) is 10.6. The van der Waals surface area contributed by atoms with Crippen LogP contribution in [0.5, 0.6) is 5.75 Å². The predicted octanol–water partition coefficient (Wildman–Crippen LogP) is 2.57. The molecule has 0 saturated heterocycles. The normalized spacial score (nSPS) is 12.2. The molecule has 3 aromatic rings. The van der Waals surface area contributed by atoms with E-state index in [0.717, 1.165) is 11.1 Å². The molecule has 10 heteroatoms. The summed E-state index contributed by atoms with van der Waals surface area (Å²) in [5, 5.41) is 5.89. The van der Waals surface area contributed by atoms with Crippen molar-refractivity contribution in [1.82, 2.24) is 20.3 Å². The SMILES string of the molecule is COCCCNC(=O)c1cccc(CNc2ncc(-c3ccnc(N)n3)c3c2CCO3)c1F. The van der Waals surface area contributed by atoms with Crippen molar-refractivity contribution in [2.24, 2.45) is 0 Å². The smallest absolute Gasteiger partial charge is 0.254 e. The molecule has 0 fully saturated rings. The highest BCUT2D eigenvalue weighted by atomic mass is 19.1. The van der Waals surface area contributed by atoms with E-state index in [1.165, 1.54) is 6.07 Å². The third kappa shape index (κ3) is 5.01. The van der Waals surface area contributed by atoms with E-state index in [-0.39, 0.29) is 18.1 Å². The number of halogens is 1. The van der Waals surface area contributed by atoms with Gasteiger partial charge >= 0.3 is 0 Å². The Morgan fingerprint density at radius 3 is 3.00 bits per heavy atom. The van der Waals surface area contributed by atoms with Crippen molar-refractivity contribution in [3.8, 4) is 17.0 Å². The Labute approximate surface area is 190 Å². The topological polar surface area (TPSA) is 124 Å². The predicted molar refractivity (Wildman–Crippen MR) is 121 cm³/mol. The number of hydrogen-bond acceptors (Lipinski definition) is 8. The molecule has 0 atom stereocenters. The standard InChI is InChI=1S/C23H25FN6O3/c1-32-10-3-8-26-22(31)15-5-2-4-14(19(15)24)12-28-21-16-7-11-33-20(16)17(13-29-21)18-6-9-27-23(25)30-18/h2,4-6,9,13H,3,7-8,10-12H2,1H3,(H,26,31)(H,28,29)(H2,25,27,30). The summed E-state index contributed by atoms with van der Waals surface area (Å²) in [5.41, 5.74) is 8.30. The molecule has 3 heterocycles. The van der Waals surface area contributed by atoms with Crippen molar-refractivity contribution < 1.29 is 18.7 Å².